The number of rotatable bonds is 8. The molecule has 0 aromatic carbocycles. The Morgan fingerprint density at radius 2 is 2.05 bits per heavy atom. The van der Waals surface area contributed by atoms with E-state index in [4.69, 9.17) is 9.84 Å². The van der Waals surface area contributed by atoms with Crippen LogP contribution in [0, 0.1) is 20.8 Å². The van der Waals surface area contributed by atoms with Crippen molar-refractivity contribution in [3.05, 3.63) is 28.6 Å². The van der Waals surface area contributed by atoms with Gasteiger partial charge in [0.25, 0.3) is 0 Å². The van der Waals surface area contributed by atoms with E-state index in [1.165, 1.54) is 11.1 Å². The zero-order valence-electron chi connectivity index (χ0n) is 12.5. The van der Waals surface area contributed by atoms with Gasteiger partial charge in [0.15, 0.2) is 0 Å². The molecule has 0 aliphatic carbocycles. The van der Waals surface area contributed by atoms with Gasteiger partial charge in [0, 0.05) is 24.0 Å². The van der Waals surface area contributed by atoms with Crippen LogP contribution in [0.4, 0.5) is 0 Å². The van der Waals surface area contributed by atoms with Gasteiger partial charge in [-0.2, -0.15) is 0 Å². The number of aromatic nitrogens is 1. The fourth-order valence-corrected chi connectivity index (χ4v) is 2.45. The molecule has 108 valence electrons. The summed E-state index contributed by atoms with van der Waals surface area (Å²) in [5.41, 5.74) is 4.76. The van der Waals surface area contributed by atoms with Crippen molar-refractivity contribution >= 4 is 0 Å². The van der Waals surface area contributed by atoms with Crippen molar-refractivity contribution in [2.24, 2.45) is 0 Å². The number of nitrogens with one attached hydrogen (secondary N) is 1. The molecule has 1 atom stereocenters. The second-order valence-corrected chi connectivity index (χ2v) is 4.94. The van der Waals surface area contributed by atoms with Crippen LogP contribution < -0.4 is 5.32 Å². The molecule has 2 N–H and O–H groups in total. The molecule has 0 bridgehead atoms. The van der Waals surface area contributed by atoms with Crippen LogP contribution in [0.15, 0.2) is 6.07 Å². The van der Waals surface area contributed by atoms with Crippen molar-refractivity contribution < 1.29 is 9.84 Å². The van der Waals surface area contributed by atoms with Crippen LogP contribution in [0.3, 0.4) is 0 Å². The minimum Gasteiger partial charge on any atom is -0.394 e. The van der Waals surface area contributed by atoms with Crippen molar-refractivity contribution in [1.82, 2.24) is 10.3 Å². The quantitative estimate of drug-likeness (QED) is 0.707. The first kappa shape index (κ1) is 16.1. The molecule has 0 spiro atoms. The number of hydrogen-bond donors (Lipinski definition) is 2. The van der Waals surface area contributed by atoms with Gasteiger partial charge in [0.05, 0.1) is 13.2 Å². The summed E-state index contributed by atoms with van der Waals surface area (Å²) in [4.78, 5) is 4.53. The first-order valence-electron chi connectivity index (χ1n) is 6.93. The fourth-order valence-electron chi connectivity index (χ4n) is 2.45. The minimum atomic E-state index is 0.0945. The lowest BCUT2D eigenvalue weighted by atomic mass is 10.0. The summed E-state index contributed by atoms with van der Waals surface area (Å²) in [5, 5.41) is 12.1. The molecule has 19 heavy (non-hydrogen) atoms. The molecular formula is C15H26N2O2. The molecule has 1 heterocycles. The summed E-state index contributed by atoms with van der Waals surface area (Å²) in [6.07, 6.45) is 0.946. The molecule has 0 radical (unpaired) electrons. The van der Waals surface area contributed by atoms with Crippen LogP contribution in [-0.4, -0.2) is 36.5 Å². The van der Waals surface area contributed by atoms with E-state index in [1.807, 2.05) is 6.92 Å². The Morgan fingerprint density at radius 3 is 2.68 bits per heavy atom. The predicted octanol–water partition coefficient (Wildman–Crippen LogP) is 2.06. The molecule has 0 saturated heterocycles. The largest absolute Gasteiger partial charge is 0.394 e. The zero-order valence-corrected chi connectivity index (χ0v) is 12.5. The van der Waals surface area contributed by atoms with Gasteiger partial charge in [-0.25, -0.2) is 0 Å². The summed E-state index contributed by atoms with van der Waals surface area (Å²) in [6, 6.07) is 2.43. The predicted molar refractivity (Wildman–Crippen MR) is 77.4 cm³/mol. The maximum atomic E-state index is 8.60. The van der Waals surface area contributed by atoms with Gasteiger partial charge in [-0.1, -0.05) is 0 Å². The molecule has 0 amide bonds. The first-order valence-corrected chi connectivity index (χ1v) is 6.93. The van der Waals surface area contributed by atoms with Gasteiger partial charge < -0.3 is 15.2 Å². The number of hydrogen-bond acceptors (Lipinski definition) is 4. The van der Waals surface area contributed by atoms with Crippen LogP contribution in [0.1, 0.15) is 41.9 Å². The molecule has 0 fully saturated rings. The number of nitrogens with zero attached hydrogens (tertiary/aromatic N) is 1. The molecule has 1 aromatic heterocycles. The Labute approximate surface area is 116 Å². The molecule has 0 aliphatic rings. The fraction of sp³-hybridized carbons (Fsp3) is 0.667. The van der Waals surface area contributed by atoms with Gasteiger partial charge in [-0.3, -0.25) is 4.98 Å². The Kier molecular flexibility index (Phi) is 6.99. The lowest BCUT2D eigenvalue weighted by Crippen LogP contribution is -2.23. The molecule has 1 rings (SSSR count). The van der Waals surface area contributed by atoms with Crippen molar-refractivity contribution in [2.45, 2.75) is 40.2 Å². The molecule has 4 heteroatoms. The number of aryl methyl sites for hydroxylation is 3. The maximum Gasteiger partial charge on any atom is 0.0697 e. The zero-order chi connectivity index (χ0) is 14.3. The Morgan fingerprint density at radius 1 is 1.32 bits per heavy atom. The molecular weight excluding hydrogens is 240 g/mol. The highest BCUT2D eigenvalue weighted by Crippen LogP contribution is 2.20. The van der Waals surface area contributed by atoms with Crippen molar-refractivity contribution in [3.63, 3.8) is 0 Å². The van der Waals surface area contributed by atoms with Crippen LogP contribution in [0.5, 0.6) is 0 Å². The highest BCUT2D eigenvalue weighted by atomic mass is 16.5. The Balaban J connectivity index is 2.43. The Bertz CT molecular complexity index is 371. The van der Waals surface area contributed by atoms with E-state index in [2.05, 4.69) is 37.1 Å². The maximum absolute atomic E-state index is 8.60. The van der Waals surface area contributed by atoms with Crippen molar-refractivity contribution in [1.29, 1.82) is 0 Å². The van der Waals surface area contributed by atoms with Crippen LogP contribution in [-0.2, 0) is 4.74 Å². The second kappa shape index (κ2) is 8.25. The molecule has 1 unspecified atom stereocenters. The van der Waals surface area contributed by atoms with Crippen LogP contribution in [0.25, 0.3) is 0 Å². The number of ether oxygens (including phenoxy) is 1. The van der Waals surface area contributed by atoms with Crippen molar-refractivity contribution in [3.8, 4) is 0 Å². The summed E-state index contributed by atoms with van der Waals surface area (Å²) in [7, 11) is 0. The van der Waals surface area contributed by atoms with E-state index in [0.29, 0.717) is 19.3 Å². The van der Waals surface area contributed by atoms with E-state index in [-0.39, 0.29) is 6.61 Å². The summed E-state index contributed by atoms with van der Waals surface area (Å²) >= 11 is 0. The van der Waals surface area contributed by atoms with E-state index in [9.17, 15) is 0 Å². The van der Waals surface area contributed by atoms with E-state index in [1.54, 1.807) is 0 Å². The summed E-state index contributed by atoms with van der Waals surface area (Å²) in [6.45, 7) is 10.5. The van der Waals surface area contributed by atoms with Crippen LogP contribution in [0.2, 0.25) is 0 Å². The number of aliphatic hydroxyl groups excluding tert-OH is 1. The topological polar surface area (TPSA) is 54.4 Å². The van der Waals surface area contributed by atoms with E-state index in [0.717, 1.165) is 24.4 Å². The third-order valence-corrected chi connectivity index (χ3v) is 3.17. The van der Waals surface area contributed by atoms with E-state index >= 15 is 0 Å². The van der Waals surface area contributed by atoms with Gasteiger partial charge in [-0.15, -0.1) is 0 Å². The van der Waals surface area contributed by atoms with Gasteiger partial charge in [0.1, 0.15) is 0 Å². The minimum absolute atomic E-state index is 0.0945. The monoisotopic (exact) mass is 266 g/mol. The number of pyridine rings is 1. The van der Waals surface area contributed by atoms with Gasteiger partial charge >= 0.3 is 0 Å². The Hall–Kier alpha value is -0.970. The van der Waals surface area contributed by atoms with Gasteiger partial charge in [-0.05, 0) is 57.9 Å². The molecule has 0 saturated carbocycles. The number of aliphatic hydroxyl groups is 1. The standard InChI is InChI=1S/C15H26N2O2/c1-11-10-12(2)17-14(4)15(11)13(3)16-6-5-8-19-9-7-18/h10,13,16,18H,5-9H2,1-4H3. The smallest absolute Gasteiger partial charge is 0.0697 e. The molecule has 1 aromatic rings. The van der Waals surface area contributed by atoms with Crippen molar-refractivity contribution in [2.75, 3.05) is 26.4 Å². The SMILES string of the molecule is Cc1cc(C)c(C(C)NCCCOCCO)c(C)n1. The second-order valence-electron chi connectivity index (χ2n) is 4.94. The third-order valence-electron chi connectivity index (χ3n) is 3.17. The summed E-state index contributed by atoms with van der Waals surface area (Å²) < 4.78 is 5.23. The average molecular weight is 266 g/mol. The lowest BCUT2D eigenvalue weighted by Gasteiger charge is -2.19. The highest BCUT2D eigenvalue weighted by molar-refractivity contribution is 5.33. The molecule has 0 aliphatic heterocycles. The van der Waals surface area contributed by atoms with E-state index < -0.39 is 0 Å². The highest BCUT2D eigenvalue weighted by Gasteiger charge is 2.12. The average Bonchev–Trinajstić information content (AvgIpc) is 2.32. The lowest BCUT2D eigenvalue weighted by molar-refractivity contribution is 0.0904. The molecule has 4 nitrogen and oxygen atoms in total. The van der Waals surface area contributed by atoms with Gasteiger partial charge in [0.2, 0.25) is 0 Å². The summed E-state index contributed by atoms with van der Waals surface area (Å²) in [5.74, 6) is 0. The normalized spacial score (nSPS) is 12.7. The first-order chi connectivity index (χ1) is 9.06. The van der Waals surface area contributed by atoms with Crippen LogP contribution >= 0.6 is 0 Å². The third kappa shape index (κ3) is 5.27.